The average Bonchev–Trinajstić information content (AvgIpc) is 2.38. The summed E-state index contributed by atoms with van der Waals surface area (Å²) < 4.78 is 5.10. The van der Waals surface area contributed by atoms with Gasteiger partial charge in [0.15, 0.2) is 0 Å². The number of nitrogens with zero attached hydrogens (tertiary/aromatic N) is 1. The summed E-state index contributed by atoms with van der Waals surface area (Å²) in [5.41, 5.74) is 4.15. The molecular weight excluding hydrogens is 212 g/mol. The van der Waals surface area contributed by atoms with Crippen molar-refractivity contribution in [2.45, 2.75) is 19.3 Å². The Hall–Kier alpha value is -1.22. The van der Waals surface area contributed by atoms with Crippen LogP contribution in [0.25, 0.3) is 0 Å². The Balaban J connectivity index is 2.09. The van der Waals surface area contributed by atoms with E-state index in [-0.39, 0.29) is 0 Å². The summed E-state index contributed by atoms with van der Waals surface area (Å²) >= 11 is 0. The van der Waals surface area contributed by atoms with Crippen LogP contribution in [0, 0.1) is 0 Å². The number of hydrogen-bond acceptors (Lipinski definition) is 3. The minimum atomic E-state index is 0.831. The molecular formula is C14H22N2O. The molecule has 0 fully saturated rings. The fraction of sp³-hybridized carbons (Fsp3) is 0.571. The van der Waals surface area contributed by atoms with E-state index >= 15 is 0 Å². The maximum Gasteiger partial charge on any atom is 0.0479 e. The van der Waals surface area contributed by atoms with Crippen LogP contribution in [0.4, 0.5) is 11.4 Å². The highest BCUT2D eigenvalue weighted by atomic mass is 16.5. The van der Waals surface area contributed by atoms with Crippen molar-refractivity contribution in [3.63, 3.8) is 0 Å². The van der Waals surface area contributed by atoms with Crippen molar-refractivity contribution in [3.05, 3.63) is 23.8 Å². The van der Waals surface area contributed by atoms with Gasteiger partial charge in [0.2, 0.25) is 0 Å². The molecule has 0 amide bonds. The van der Waals surface area contributed by atoms with Gasteiger partial charge in [0.05, 0.1) is 0 Å². The van der Waals surface area contributed by atoms with Crippen molar-refractivity contribution in [3.8, 4) is 0 Å². The second-order valence-corrected chi connectivity index (χ2v) is 4.60. The molecule has 94 valence electrons. The minimum absolute atomic E-state index is 0.831. The second kappa shape index (κ2) is 5.92. The van der Waals surface area contributed by atoms with Crippen LogP contribution in [0.1, 0.15) is 18.4 Å². The highest BCUT2D eigenvalue weighted by Crippen LogP contribution is 2.30. The number of ether oxygens (including phenoxy) is 1. The van der Waals surface area contributed by atoms with E-state index in [1.807, 2.05) is 0 Å². The predicted molar refractivity (Wildman–Crippen MR) is 73.0 cm³/mol. The van der Waals surface area contributed by atoms with Gasteiger partial charge in [0, 0.05) is 45.2 Å². The molecule has 0 saturated heterocycles. The number of nitrogens with one attached hydrogen (secondary N) is 1. The molecule has 0 aliphatic carbocycles. The average molecular weight is 234 g/mol. The molecule has 0 aromatic heterocycles. The van der Waals surface area contributed by atoms with Crippen LogP contribution in [0.2, 0.25) is 0 Å². The smallest absolute Gasteiger partial charge is 0.0479 e. The van der Waals surface area contributed by atoms with Gasteiger partial charge in [-0.15, -0.1) is 0 Å². The first-order valence-electron chi connectivity index (χ1n) is 6.39. The van der Waals surface area contributed by atoms with Gasteiger partial charge < -0.3 is 15.0 Å². The van der Waals surface area contributed by atoms with E-state index in [1.165, 1.54) is 29.8 Å². The molecule has 3 heteroatoms. The summed E-state index contributed by atoms with van der Waals surface area (Å²) in [6.45, 7) is 2.98. The number of hydrogen-bond donors (Lipinski definition) is 1. The van der Waals surface area contributed by atoms with Crippen molar-refractivity contribution in [1.29, 1.82) is 0 Å². The van der Waals surface area contributed by atoms with Gasteiger partial charge in [-0.25, -0.2) is 0 Å². The van der Waals surface area contributed by atoms with Gasteiger partial charge in [-0.05, 0) is 37.0 Å². The van der Waals surface area contributed by atoms with E-state index in [2.05, 4.69) is 35.5 Å². The molecule has 0 saturated carbocycles. The van der Waals surface area contributed by atoms with Crippen molar-refractivity contribution >= 4 is 11.4 Å². The zero-order valence-electron chi connectivity index (χ0n) is 10.8. The monoisotopic (exact) mass is 234 g/mol. The Kier molecular flexibility index (Phi) is 4.26. The Morgan fingerprint density at radius 3 is 3.12 bits per heavy atom. The SMILES string of the molecule is COCCCN(C)c1cccc2c1CCCN2. The summed E-state index contributed by atoms with van der Waals surface area (Å²) in [5.74, 6) is 0. The highest BCUT2D eigenvalue weighted by molar-refractivity contribution is 5.67. The quantitative estimate of drug-likeness (QED) is 0.792. The number of anilines is 2. The Bertz CT molecular complexity index is 365. The Morgan fingerprint density at radius 1 is 1.41 bits per heavy atom. The van der Waals surface area contributed by atoms with E-state index in [0.29, 0.717) is 0 Å². The van der Waals surface area contributed by atoms with Crippen LogP contribution in [0.3, 0.4) is 0 Å². The Labute approximate surface area is 104 Å². The van der Waals surface area contributed by atoms with Crippen molar-refractivity contribution < 1.29 is 4.74 Å². The molecule has 3 nitrogen and oxygen atoms in total. The second-order valence-electron chi connectivity index (χ2n) is 4.60. The molecule has 2 rings (SSSR count). The molecule has 1 aliphatic rings. The van der Waals surface area contributed by atoms with Gasteiger partial charge in [-0.1, -0.05) is 6.07 Å². The van der Waals surface area contributed by atoms with Crippen LogP contribution in [-0.4, -0.2) is 33.9 Å². The molecule has 1 N–H and O–H groups in total. The topological polar surface area (TPSA) is 24.5 Å². The summed E-state index contributed by atoms with van der Waals surface area (Å²) in [7, 11) is 3.92. The Morgan fingerprint density at radius 2 is 2.29 bits per heavy atom. The van der Waals surface area contributed by atoms with E-state index in [1.54, 1.807) is 7.11 Å². The fourth-order valence-corrected chi connectivity index (χ4v) is 2.42. The first-order valence-corrected chi connectivity index (χ1v) is 6.39. The normalized spacial score (nSPS) is 14.0. The molecule has 1 aromatic carbocycles. The van der Waals surface area contributed by atoms with E-state index < -0.39 is 0 Å². The summed E-state index contributed by atoms with van der Waals surface area (Å²) in [5, 5.41) is 3.47. The van der Waals surface area contributed by atoms with E-state index in [4.69, 9.17) is 4.74 Å². The zero-order chi connectivity index (χ0) is 12.1. The number of rotatable bonds is 5. The maximum atomic E-state index is 5.10. The third-order valence-electron chi connectivity index (χ3n) is 3.32. The van der Waals surface area contributed by atoms with Crippen LogP contribution in [-0.2, 0) is 11.2 Å². The molecule has 0 unspecified atom stereocenters. The number of benzene rings is 1. The number of methoxy groups -OCH3 is 1. The van der Waals surface area contributed by atoms with Gasteiger partial charge in [-0.3, -0.25) is 0 Å². The van der Waals surface area contributed by atoms with Gasteiger partial charge in [0.1, 0.15) is 0 Å². The lowest BCUT2D eigenvalue weighted by atomic mass is 10.0. The first kappa shape index (κ1) is 12.2. The highest BCUT2D eigenvalue weighted by Gasteiger charge is 2.14. The number of fused-ring (bicyclic) bond motifs is 1. The fourth-order valence-electron chi connectivity index (χ4n) is 2.42. The molecule has 1 heterocycles. The molecule has 0 atom stereocenters. The van der Waals surface area contributed by atoms with Crippen LogP contribution >= 0.6 is 0 Å². The van der Waals surface area contributed by atoms with Crippen LogP contribution in [0.15, 0.2) is 18.2 Å². The largest absolute Gasteiger partial charge is 0.385 e. The van der Waals surface area contributed by atoms with Crippen molar-refractivity contribution in [2.75, 3.05) is 44.1 Å². The van der Waals surface area contributed by atoms with E-state index in [9.17, 15) is 0 Å². The van der Waals surface area contributed by atoms with Crippen molar-refractivity contribution in [1.82, 2.24) is 0 Å². The lowest BCUT2D eigenvalue weighted by Gasteiger charge is -2.27. The zero-order valence-corrected chi connectivity index (χ0v) is 10.8. The third kappa shape index (κ3) is 2.91. The molecule has 1 aliphatic heterocycles. The summed E-state index contributed by atoms with van der Waals surface area (Å²) in [6.07, 6.45) is 3.49. The van der Waals surface area contributed by atoms with Crippen molar-refractivity contribution in [2.24, 2.45) is 0 Å². The van der Waals surface area contributed by atoms with Gasteiger partial charge in [-0.2, -0.15) is 0 Å². The van der Waals surface area contributed by atoms with Crippen LogP contribution < -0.4 is 10.2 Å². The first-order chi connectivity index (χ1) is 8.33. The molecule has 0 bridgehead atoms. The molecule has 17 heavy (non-hydrogen) atoms. The molecule has 0 radical (unpaired) electrons. The summed E-state index contributed by atoms with van der Waals surface area (Å²) in [6, 6.07) is 6.54. The maximum absolute atomic E-state index is 5.10. The lowest BCUT2D eigenvalue weighted by molar-refractivity contribution is 0.196. The molecule has 1 aromatic rings. The molecule has 0 spiro atoms. The lowest BCUT2D eigenvalue weighted by Crippen LogP contribution is -2.23. The third-order valence-corrected chi connectivity index (χ3v) is 3.32. The predicted octanol–water partition coefficient (Wildman–Crippen LogP) is 2.52. The standard InChI is InChI=1S/C14H22N2O/c1-16(10-5-11-17-2)14-8-3-7-13-12(14)6-4-9-15-13/h3,7-8,15H,4-6,9-11H2,1-2H3. The van der Waals surface area contributed by atoms with Gasteiger partial charge >= 0.3 is 0 Å². The minimum Gasteiger partial charge on any atom is -0.385 e. The van der Waals surface area contributed by atoms with E-state index in [0.717, 1.165) is 26.1 Å². The summed E-state index contributed by atoms with van der Waals surface area (Å²) in [4.78, 5) is 2.34. The van der Waals surface area contributed by atoms with Gasteiger partial charge in [0.25, 0.3) is 0 Å². The van der Waals surface area contributed by atoms with Crippen LogP contribution in [0.5, 0.6) is 0 Å².